The first-order valence-corrected chi connectivity index (χ1v) is 20.2. The first kappa shape index (κ1) is 45.4. The molecule has 0 aliphatic carbocycles. The minimum atomic E-state index is -3.72. The summed E-state index contributed by atoms with van der Waals surface area (Å²) in [4.78, 5) is 67.1. The van der Waals surface area contributed by atoms with E-state index in [1.54, 1.807) is 11.0 Å². The molecule has 4 atom stereocenters. The third kappa shape index (κ3) is 14.5. The fourth-order valence-corrected chi connectivity index (χ4v) is 6.59. The number of nitrogens with one attached hydrogen (secondary N) is 1. The van der Waals surface area contributed by atoms with Gasteiger partial charge in [-0.05, 0) is 43.0 Å². The number of carbonyl (C=O) groups excluding carboxylic acids is 3. The van der Waals surface area contributed by atoms with E-state index in [1.807, 2.05) is 0 Å². The molecular formula is C34H44F2N6O13P2. The number of benzene rings is 2. The van der Waals surface area contributed by atoms with Gasteiger partial charge >= 0.3 is 34.8 Å². The van der Waals surface area contributed by atoms with Gasteiger partial charge in [0.05, 0.1) is 6.04 Å². The average molecular weight is 845 g/mol. The summed E-state index contributed by atoms with van der Waals surface area (Å²) >= 11 is 0. The number of amides is 2. The Bertz CT molecular complexity index is 1830. The molecule has 2 heterocycles. The maximum Gasteiger partial charge on any atom is 0.412 e. The number of aromatic nitrogens is 4. The minimum Gasteiger partial charge on any atom is -0.437 e. The predicted molar refractivity (Wildman–Crippen MR) is 195 cm³/mol. The molecule has 0 radical (unpaired) electrons. The van der Waals surface area contributed by atoms with Gasteiger partial charge in [-0.1, -0.05) is 67.5 Å². The van der Waals surface area contributed by atoms with E-state index < -0.39 is 60.1 Å². The molecule has 1 aromatic heterocycles. The van der Waals surface area contributed by atoms with Gasteiger partial charge in [-0.3, -0.25) is 18.4 Å². The van der Waals surface area contributed by atoms with Crippen LogP contribution in [0.4, 0.5) is 13.6 Å². The highest BCUT2D eigenvalue weighted by Crippen LogP contribution is 2.39. The lowest BCUT2D eigenvalue weighted by atomic mass is 10.0. The molecule has 2 unspecified atom stereocenters. The number of ether oxygens (including phenoxy) is 2. The summed E-state index contributed by atoms with van der Waals surface area (Å²) in [5.41, 5.74) is -0.394. The molecule has 19 nitrogen and oxygen atoms in total. The van der Waals surface area contributed by atoms with Crippen molar-refractivity contribution < 1.29 is 71.1 Å². The summed E-state index contributed by atoms with van der Waals surface area (Å²) in [6.07, 6.45) is 3.06. The van der Waals surface area contributed by atoms with Crippen molar-refractivity contribution in [1.29, 1.82) is 0 Å². The molecule has 1 saturated heterocycles. The van der Waals surface area contributed by atoms with Gasteiger partial charge in [0.15, 0.2) is 5.82 Å². The summed E-state index contributed by atoms with van der Waals surface area (Å²) < 4.78 is 59.4. The highest BCUT2D eigenvalue weighted by Gasteiger charge is 2.39. The number of hydrogen-bond donors (Lipinski definition) is 6. The Labute approximate surface area is 327 Å². The van der Waals surface area contributed by atoms with Crippen LogP contribution in [-0.2, 0) is 42.2 Å². The standard InChI is InChI=1S/C34H44F2N6O13P2/c35-34(36,24-11-4-3-5-12-24)28(43)18-16-25-17-19-30(44)41(25)22-9-2-1-6-15-29-38-40-42(39-29)23-52-31(45)26-13-7-8-14-27(26)53-32(46)37-21-10-20-33(47,54-56(48)49)55-57(50)51/h3-5,7-8,11-14,16,18,25,28,43,47-49,57H,1-2,6,9-10,15,17,19-23H2,(H,37,46)(H,50,51)/b18-16+/t25-,28+,33?/m0/s1. The van der Waals surface area contributed by atoms with Gasteiger partial charge in [0.1, 0.15) is 17.4 Å². The molecule has 1 fully saturated rings. The average Bonchev–Trinajstić information content (AvgIpc) is 3.77. The number of nitrogens with zero attached hydrogens (tertiary/aromatic N) is 5. The molecule has 2 aromatic carbocycles. The van der Waals surface area contributed by atoms with E-state index in [0.29, 0.717) is 44.5 Å². The van der Waals surface area contributed by atoms with E-state index >= 15 is 0 Å². The van der Waals surface area contributed by atoms with Gasteiger partial charge in [-0.15, -0.1) is 15.0 Å². The topological polar surface area (TPSA) is 265 Å². The monoisotopic (exact) mass is 844 g/mol. The number of esters is 1. The molecule has 0 saturated carbocycles. The number of hydrogen-bond acceptors (Lipinski definition) is 15. The second-order valence-corrected chi connectivity index (χ2v) is 14.1. The summed E-state index contributed by atoms with van der Waals surface area (Å²) in [5.74, 6) is -6.92. The highest BCUT2D eigenvalue weighted by atomic mass is 31.2. The minimum absolute atomic E-state index is 0.0658. The summed E-state index contributed by atoms with van der Waals surface area (Å²) in [6.45, 7) is -0.134. The Morgan fingerprint density at radius 3 is 2.53 bits per heavy atom. The van der Waals surface area contributed by atoms with Crippen molar-refractivity contribution in [2.24, 2.45) is 0 Å². The number of alkyl halides is 2. The largest absolute Gasteiger partial charge is 0.437 e. The zero-order chi connectivity index (χ0) is 41.4. The molecule has 312 valence electrons. The van der Waals surface area contributed by atoms with Crippen LogP contribution < -0.4 is 10.1 Å². The molecule has 1 aliphatic heterocycles. The van der Waals surface area contributed by atoms with Crippen LogP contribution in [-0.4, -0.2) is 99.2 Å². The van der Waals surface area contributed by atoms with E-state index in [0.717, 1.165) is 23.7 Å². The molecule has 0 bridgehead atoms. The van der Waals surface area contributed by atoms with Crippen molar-refractivity contribution in [1.82, 2.24) is 30.4 Å². The first-order chi connectivity index (χ1) is 27.2. The third-order valence-electron chi connectivity index (χ3n) is 8.49. The Kier molecular flexibility index (Phi) is 17.5. The van der Waals surface area contributed by atoms with Crippen molar-refractivity contribution in [2.45, 2.75) is 88.6 Å². The van der Waals surface area contributed by atoms with Crippen molar-refractivity contribution in [3.05, 3.63) is 83.7 Å². The van der Waals surface area contributed by atoms with Crippen LogP contribution in [0.25, 0.3) is 0 Å². The van der Waals surface area contributed by atoms with Crippen LogP contribution >= 0.6 is 16.9 Å². The summed E-state index contributed by atoms with van der Waals surface area (Å²) in [6, 6.07) is 12.4. The maximum absolute atomic E-state index is 14.7. The van der Waals surface area contributed by atoms with Crippen LogP contribution in [0.1, 0.15) is 73.1 Å². The van der Waals surface area contributed by atoms with Crippen molar-refractivity contribution in [2.75, 3.05) is 13.1 Å². The van der Waals surface area contributed by atoms with E-state index in [9.17, 15) is 37.9 Å². The van der Waals surface area contributed by atoms with Gasteiger partial charge in [0.25, 0.3) is 5.97 Å². The van der Waals surface area contributed by atoms with E-state index in [4.69, 9.17) is 24.2 Å². The number of unbranched alkanes of at least 4 members (excludes halogenated alkanes) is 3. The van der Waals surface area contributed by atoms with Gasteiger partial charge in [0, 0.05) is 37.9 Å². The molecule has 23 heteroatoms. The molecule has 3 aromatic rings. The zero-order valence-corrected chi connectivity index (χ0v) is 32.3. The Hall–Kier alpha value is -4.30. The smallest absolute Gasteiger partial charge is 0.412 e. The fraction of sp³-hybridized carbons (Fsp3) is 0.471. The van der Waals surface area contributed by atoms with Crippen LogP contribution in [0.15, 0.2) is 66.7 Å². The third-order valence-corrected chi connectivity index (χ3v) is 9.44. The molecular weight excluding hydrogens is 800 g/mol. The maximum atomic E-state index is 14.7. The molecule has 0 spiro atoms. The molecule has 57 heavy (non-hydrogen) atoms. The summed E-state index contributed by atoms with van der Waals surface area (Å²) in [5, 5.41) is 34.6. The quantitative estimate of drug-likeness (QED) is 0.0263. The van der Waals surface area contributed by atoms with Crippen molar-refractivity contribution in [3.8, 4) is 5.75 Å². The van der Waals surface area contributed by atoms with Crippen LogP contribution in [0.3, 0.4) is 0 Å². The van der Waals surface area contributed by atoms with Gasteiger partial charge in [-0.25, -0.2) is 9.59 Å². The number of halogens is 2. The second kappa shape index (κ2) is 22.0. The van der Waals surface area contributed by atoms with Crippen molar-refractivity contribution in [3.63, 3.8) is 0 Å². The molecule has 6 N–H and O–H groups in total. The predicted octanol–water partition coefficient (Wildman–Crippen LogP) is 3.43. The molecule has 2 amide bonds. The Balaban J connectivity index is 1.14. The highest BCUT2D eigenvalue weighted by molar-refractivity contribution is 7.39. The number of aryl methyl sites for hydroxylation is 1. The zero-order valence-electron chi connectivity index (χ0n) is 30.4. The number of tetrazole rings is 1. The lowest BCUT2D eigenvalue weighted by molar-refractivity contribution is -0.279. The van der Waals surface area contributed by atoms with Gasteiger partial charge < -0.3 is 44.6 Å². The van der Waals surface area contributed by atoms with Gasteiger partial charge in [0.2, 0.25) is 12.6 Å². The summed E-state index contributed by atoms with van der Waals surface area (Å²) in [7, 11) is -6.86. The van der Waals surface area contributed by atoms with Crippen LogP contribution in [0, 0.1) is 0 Å². The number of rotatable bonds is 23. The number of carbonyl (C=O) groups is 3. The van der Waals surface area contributed by atoms with Crippen LogP contribution in [0.5, 0.6) is 5.75 Å². The fourth-order valence-electron chi connectivity index (χ4n) is 5.72. The SMILES string of the molecule is O=C(NCCCC(O)(OP(O)O)O[PH](=O)O)Oc1ccccc1C(=O)OCn1nnc(CCCCCCN2C(=O)CC[C@@H]2/C=C/[C@@H](O)C(F)(F)c2ccccc2)n1. The Morgan fingerprint density at radius 1 is 1.07 bits per heavy atom. The Morgan fingerprint density at radius 2 is 1.79 bits per heavy atom. The molecule has 1 aliphatic rings. The van der Waals surface area contributed by atoms with Crippen molar-refractivity contribution >= 4 is 34.8 Å². The van der Waals surface area contributed by atoms with E-state index in [1.165, 1.54) is 54.6 Å². The number of aliphatic hydroxyl groups excluding tert-OH is 1. The number of aliphatic hydroxyl groups is 2. The normalized spacial score (nSPS) is 16.8. The lowest BCUT2D eigenvalue weighted by Crippen LogP contribution is -2.34. The second-order valence-electron chi connectivity index (χ2n) is 12.7. The number of likely N-dealkylation sites (tertiary alicyclic amines) is 1. The first-order valence-electron chi connectivity index (χ1n) is 17.8. The van der Waals surface area contributed by atoms with Gasteiger partial charge in [-0.2, -0.15) is 8.78 Å². The number of para-hydroxylation sites is 1. The van der Waals surface area contributed by atoms with Crippen LogP contribution in [0.2, 0.25) is 0 Å². The molecule has 4 rings (SSSR count). The lowest BCUT2D eigenvalue weighted by Gasteiger charge is -2.26. The van der Waals surface area contributed by atoms with E-state index in [2.05, 4.69) is 29.8 Å². The van der Waals surface area contributed by atoms with E-state index in [-0.39, 0.29) is 41.8 Å².